The third kappa shape index (κ3) is 2.56. The zero-order valence-corrected chi connectivity index (χ0v) is 8.07. The Morgan fingerprint density at radius 2 is 2.54 bits per heavy atom. The minimum atomic E-state index is -0.366. The van der Waals surface area contributed by atoms with E-state index in [-0.39, 0.29) is 17.9 Å². The second-order valence-electron chi connectivity index (χ2n) is 3.62. The van der Waals surface area contributed by atoms with Crippen LogP contribution in [0.2, 0.25) is 0 Å². The summed E-state index contributed by atoms with van der Waals surface area (Å²) in [6, 6.07) is 0. The molecule has 3 nitrogen and oxygen atoms in total. The van der Waals surface area contributed by atoms with E-state index in [0.29, 0.717) is 13.0 Å². The Balaban J connectivity index is 2.46. The van der Waals surface area contributed by atoms with E-state index in [1.54, 1.807) is 17.9 Å². The lowest BCUT2D eigenvalue weighted by Gasteiger charge is -2.32. The molecule has 0 aromatic carbocycles. The smallest absolute Gasteiger partial charge is 0.223 e. The van der Waals surface area contributed by atoms with Crippen LogP contribution >= 0.6 is 0 Å². The zero-order valence-electron chi connectivity index (χ0n) is 8.07. The van der Waals surface area contributed by atoms with Crippen molar-refractivity contribution in [3.05, 3.63) is 12.7 Å². The maximum atomic E-state index is 11.5. The molecule has 13 heavy (non-hydrogen) atoms. The minimum absolute atomic E-state index is 0.136. The average molecular weight is 183 g/mol. The quantitative estimate of drug-likeness (QED) is 0.657. The fraction of sp³-hybridized carbons (Fsp3) is 0.700. The van der Waals surface area contributed by atoms with E-state index in [1.165, 1.54) is 0 Å². The van der Waals surface area contributed by atoms with Gasteiger partial charge in [0.15, 0.2) is 0 Å². The van der Waals surface area contributed by atoms with Gasteiger partial charge in [-0.05, 0) is 19.3 Å². The van der Waals surface area contributed by atoms with Gasteiger partial charge in [0.25, 0.3) is 0 Å². The highest BCUT2D eigenvalue weighted by molar-refractivity contribution is 5.77. The molecular formula is C10H17NO2. The molecule has 0 bridgehead atoms. The van der Waals surface area contributed by atoms with E-state index in [2.05, 4.69) is 6.58 Å². The number of nitrogens with zero attached hydrogens (tertiary/aromatic N) is 1. The second kappa shape index (κ2) is 4.42. The lowest BCUT2D eigenvalue weighted by atomic mass is 9.92. The van der Waals surface area contributed by atoms with E-state index in [1.807, 2.05) is 0 Å². The number of hydrogen-bond donors (Lipinski definition) is 1. The van der Waals surface area contributed by atoms with Gasteiger partial charge in [-0.3, -0.25) is 4.79 Å². The largest absolute Gasteiger partial charge is 0.393 e. The average Bonchev–Trinajstić information content (AvgIpc) is 2.08. The van der Waals surface area contributed by atoms with E-state index in [9.17, 15) is 9.90 Å². The van der Waals surface area contributed by atoms with Gasteiger partial charge >= 0.3 is 0 Å². The summed E-state index contributed by atoms with van der Waals surface area (Å²) in [7, 11) is 0. The molecule has 1 aliphatic rings. The molecule has 74 valence electrons. The predicted octanol–water partition coefficient (Wildman–Crippen LogP) is 0.792. The van der Waals surface area contributed by atoms with Crippen molar-refractivity contribution < 1.29 is 9.90 Å². The summed E-state index contributed by atoms with van der Waals surface area (Å²) in [5, 5.41) is 9.32. The molecule has 0 aliphatic carbocycles. The summed E-state index contributed by atoms with van der Waals surface area (Å²) in [6.07, 6.45) is 2.75. The van der Waals surface area contributed by atoms with Crippen LogP contribution in [0.25, 0.3) is 0 Å². The van der Waals surface area contributed by atoms with E-state index in [4.69, 9.17) is 0 Å². The maximum absolute atomic E-state index is 11.5. The van der Waals surface area contributed by atoms with Gasteiger partial charge in [0.2, 0.25) is 5.91 Å². The number of hydrogen-bond acceptors (Lipinski definition) is 2. The first kappa shape index (κ1) is 10.3. The predicted molar refractivity (Wildman–Crippen MR) is 51.2 cm³/mol. The van der Waals surface area contributed by atoms with E-state index in [0.717, 1.165) is 13.0 Å². The summed E-state index contributed by atoms with van der Waals surface area (Å²) in [6.45, 7) is 6.73. The molecule has 1 rings (SSSR count). The second-order valence-corrected chi connectivity index (χ2v) is 3.62. The van der Waals surface area contributed by atoms with Crippen LogP contribution in [0.3, 0.4) is 0 Å². The summed E-state index contributed by atoms with van der Waals surface area (Å²) in [5.74, 6) is 0.283. The van der Waals surface area contributed by atoms with Gasteiger partial charge in [0, 0.05) is 19.5 Å². The Hall–Kier alpha value is -0.830. The van der Waals surface area contributed by atoms with Crippen LogP contribution in [-0.4, -0.2) is 35.1 Å². The van der Waals surface area contributed by atoms with Crippen molar-refractivity contribution in [1.29, 1.82) is 0 Å². The number of piperidine rings is 1. The van der Waals surface area contributed by atoms with Crippen molar-refractivity contribution in [3.8, 4) is 0 Å². The number of carbonyl (C=O) groups excluding carboxylic acids is 1. The van der Waals surface area contributed by atoms with Crippen molar-refractivity contribution in [2.45, 2.75) is 25.9 Å². The van der Waals surface area contributed by atoms with E-state index < -0.39 is 0 Å². The molecule has 1 N–H and O–H groups in total. The highest BCUT2D eigenvalue weighted by Crippen LogP contribution is 2.21. The number of aliphatic hydroxyl groups is 1. The van der Waals surface area contributed by atoms with Crippen LogP contribution in [0.15, 0.2) is 12.7 Å². The van der Waals surface area contributed by atoms with Crippen molar-refractivity contribution in [1.82, 2.24) is 4.90 Å². The number of carbonyl (C=O) groups is 1. The normalized spacial score (nSPS) is 25.8. The monoisotopic (exact) mass is 183 g/mol. The van der Waals surface area contributed by atoms with E-state index >= 15 is 0 Å². The summed E-state index contributed by atoms with van der Waals surface area (Å²) < 4.78 is 0. The maximum Gasteiger partial charge on any atom is 0.223 e. The number of likely N-dealkylation sites (tertiary alicyclic amines) is 1. The summed E-state index contributed by atoms with van der Waals surface area (Å²) >= 11 is 0. The Morgan fingerprint density at radius 3 is 3.00 bits per heavy atom. The lowest BCUT2D eigenvalue weighted by molar-refractivity contribution is -0.136. The van der Waals surface area contributed by atoms with Crippen LogP contribution < -0.4 is 0 Å². The van der Waals surface area contributed by atoms with Crippen LogP contribution in [0, 0.1) is 5.92 Å². The van der Waals surface area contributed by atoms with Gasteiger partial charge in [-0.15, -0.1) is 6.58 Å². The fourth-order valence-corrected chi connectivity index (χ4v) is 1.66. The topological polar surface area (TPSA) is 40.5 Å². The van der Waals surface area contributed by atoms with Gasteiger partial charge in [0.1, 0.15) is 0 Å². The molecule has 1 aliphatic heterocycles. The molecule has 2 atom stereocenters. The molecule has 0 aromatic heterocycles. The molecule has 0 aromatic rings. The molecular weight excluding hydrogens is 166 g/mol. The Kier molecular flexibility index (Phi) is 3.48. The summed E-state index contributed by atoms with van der Waals surface area (Å²) in [5.41, 5.74) is 0. The highest BCUT2D eigenvalue weighted by Gasteiger charge is 2.27. The third-order valence-electron chi connectivity index (χ3n) is 2.59. The van der Waals surface area contributed by atoms with Crippen molar-refractivity contribution in [3.63, 3.8) is 0 Å². The molecule has 1 heterocycles. The van der Waals surface area contributed by atoms with Gasteiger partial charge < -0.3 is 10.0 Å². The lowest BCUT2D eigenvalue weighted by Crippen LogP contribution is -2.41. The summed E-state index contributed by atoms with van der Waals surface area (Å²) in [4.78, 5) is 13.2. The number of amides is 1. The van der Waals surface area contributed by atoms with Crippen molar-refractivity contribution in [2.75, 3.05) is 13.1 Å². The van der Waals surface area contributed by atoms with Crippen LogP contribution in [0.4, 0.5) is 0 Å². The molecule has 0 saturated carbocycles. The molecule has 0 spiro atoms. The molecule has 2 unspecified atom stereocenters. The third-order valence-corrected chi connectivity index (χ3v) is 2.59. The Bertz CT molecular complexity index is 201. The first-order valence-corrected chi connectivity index (χ1v) is 4.72. The van der Waals surface area contributed by atoms with Crippen molar-refractivity contribution >= 4 is 5.91 Å². The SMILES string of the molecule is C=CCN1CCC(C(C)O)CC1=O. The highest BCUT2D eigenvalue weighted by atomic mass is 16.3. The first-order valence-electron chi connectivity index (χ1n) is 4.72. The van der Waals surface area contributed by atoms with Crippen LogP contribution in [0.1, 0.15) is 19.8 Å². The Morgan fingerprint density at radius 1 is 1.85 bits per heavy atom. The molecule has 1 fully saturated rings. The standard InChI is InChI=1S/C10H17NO2/c1-3-5-11-6-4-9(8(2)12)7-10(11)13/h3,8-9,12H,1,4-7H2,2H3. The van der Waals surface area contributed by atoms with Gasteiger partial charge in [-0.25, -0.2) is 0 Å². The van der Waals surface area contributed by atoms with Gasteiger partial charge in [-0.1, -0.05) is 6.08 Å². The van der Waals surface area contributed by atoms with Crippen molar-refractivity contribution in [2.24, 2.45) is 5.92 Å². The molecule has 1 amide bonds. The zero-order chi connectivity index (χ0) is 9.84. The van der Waals surface area contributed by atoms with Gasteiger partial charge in [0.05, 0.1) is 6.10 Å². The van der Waals surface area contributed by atoms with Crippen LogP contribution in [0.5, 0.6) is 0 Å². The van der Waals surface area contributed by atoms with Gasteiger partial charge in [-0.2, -0.15) is 0 Å². The minimum Gasteiger partial charge on any atom is -0.393 e. The molecule has 0 radical (unpaired) electrons. The molecule has 1 saturated heterocycles. The van der Waals surface area contributed by atoms with Crippen LogP contribution in [-0.2, 0) is 4.79 Å². The fourth-order valence-electron chi connectivity index (χ4n) is 1.66. The number of aliphatic hydroxyl groups excluding tert-OH is 1. The number of rotatable bonds is 3. The first-order chi connectivity index (χ1) is 6.15. The Labute approximate surface area is 79.0 Å². The molecule has 3 heteroatoms.